The molecule has 0 aliphatic heterocycles. The molecule has 0 atom stereocenters. The van der Waals surface area contributed by atoms with Crippen molar-refractivity contribution in [2.24, 2.45) is 5.73 Å². The first-order valence-electron chi connectivity index (χ1n) is 4.57. The quantitative estimate of drug-likeness (QED) is 0.823. The molecule has 1 heterocycles. The van der Waals surface area contributed by atoms with Crippen molar-refractivity contribution in [3.05, 3.63) is 41.3 Å². The predicted octanol–water partition coefficient (Wildman–Crippen LogP) is 2.58. The van der Waals surface area contributed by atoms with Crippen LogP contribution in [0.5, 0.6) is 0 Å². The Kier molecular flexibility index (Phi) is 3.17. The van der Waals surface area contributed by atoms with Crippen LogP contribution in [0.1, 0.15) is 10.4 Å². The van der Waals surface area contributed by atoms with Crippen molar-refractivity contribution in [1.29, 1.82) is 0 Å². The molecule has 2 rings (SSSR count). The van der Waals surface area contributed by atoms with E-state index in [1.807, 2.05) is 17.5 Å². The molecule has 1 aromatic carbocycles. The van der Waals surface area contributed by atoms with Crippen LogP contribution in [0.15, 0.2) is 44.8 Å². The normalized spacial score (nSPS) is 10.2. The number of anilines is 1. The number of nitrogens with two attached hydrogens (primary N) is 2. The van der Waals surface area contributed by atoms with Gasteiger partial charge in [-0.15, -0.1) is 11.3 Å². The smallest absolute Gasteiger partial charge is 0.248 e. The molecular weight excluding hydrogens is 240 g/mol. The standard InChI is InChI=1S/C11H10N2OS2/c12-8-4-3-7(11(13)14)6-9(8)16-10-2-1-5-15-10/h1-6H,12H2,(H2,13,14). The van der Waals surface area contributed by atoms with Crippen LogP contribution in [0, 0.1) is 0 Å². The van der Waals surface area contributed by atoms with Crippen molar-refractivity contribution < 1.29 is 4.79 Å². The summed E-state index contributed by atoms with van der Waals surface area (Å²) in [5.74, 6) is -0.437. The molecule has 2 aromatic rings. The average molecular weight is 250 g/mol. The first-order chi connectivity index (χ1) is 7.66. The Hall–Kier alpha value is -1.46. The second kappa shape index (κ2) is 4.59. The summed E-state index contributed by atoms with van der Waals surface area (Å²) in [7, 11) is 0. The van der Waals surface area contributed by atoms with E-state index in [4.69, 9.17) is 11.5 Å². The van der Waals surface area contributed by atoms with Crippen molar-refractivity contribution in [2.75, 3.05) is 5.73 Å². The number of benzene rings is 1. The fourth-order valence-electron chi connectivity index (χ4n) is 1.21. The first kappa shape index (κ1) is 11.0. The van der Waals surface area contributed by atoms with Gasteiger partial charge >= 0.3 is 0 Å². The molecule has 0 fully saturated rings. The first-order valence-corrected chi connectivity index (χ1v) is 6.27. The number of primary amides is 1. The van der Waals surface area contributed by atoms with E-state index < -0.39 is 5.91 Å². The summed E-state index contributed by atoms with van der Waals surface area (Å²) in [6.07, 6.45) is 0. The number of thiophene rings is 1. The maximum Gasteiger partial charge on any atom is 0.248 e. The van der Waals surface area contributed by atoms with Crippen LogP contribution in [0.3, 0.4) is 0 Å². The lowest BCUT2D eigenvalue weighted by molar-refractivity contribution is 0.1000. The summed E-state index contributed by atoms with van der Waals surface area (Å²) in [4.78, 5) is 11.9. The molecule has 1 amide bonds. The molecule has 0 saturated heterocycles. The average Bonchev–Trinajstić information content (AvgIpc) is 2.73. The fraction of sp³-hybridized carbons (Fsp3) is 0. The molecule has 0 saturated carbocycles. The van der Waals surface area contributed by atoms with Gasteiger partial charge in [-0.1, -0.05) is 17.8 Å². The summed E-state index contributed by atoms with van der Waals surface area (Å²) in [5.41, 5.74) is 12.2. The largest absolute Gasteiger partial charge is 0.398 e. The monoisotopic (exact) mass is 250 g/mol. The van der Waals surface area contributed by atoms with Crippen LogP contribution in [0.25, 0.3) is 0 Å². The van der Waals surface area contributed by atoms with Gasteiger partial charge in [0.2, 0.25) is 5.91 Å². The van der Waals surface area contributed by atoms with Crippen molar-refractivity contribution in [3.63, 3.8) is 0 Å². The minimum Gasteiger partial charge on any atom is -0.398 e. The Labute approximate surface area is 101 Å². The second-order valence-corrected chi connectivity index (χ2v) is 5.44. The fourth-order valence-corrected chi connectivity index (χ4v) is 3.02. The Morgan fingerprint density at radius 2 is 2.12 bits per heavy atom. The predicted molar refractivity (Wildman–Crippen MR) is 67.8 cm³/mol. The molecule has 4 N–H and O–H groups in total. The summed E-state index contributed by atoms with van der Waals surface area (Å²) < 4.78 is 1.13. The Morgan fingerprint density at radius 1 is 1.31 bits per heavy atom. The van der Waals surface area contributed by atoms with E-state index >= 15 is 0 Å². The highest BCUT2D eigenvalue weighted by Crippen LogP contribution is 2.35. The number of hydrogen-bond acceptors (Lipinski definition) is 4. The summed E-state index contributed by atoms with van der Waals surface area (Å²) >= 11 is 3.17. The number of amides is 1. The molecule has 0 spiro atoms. The zero-order valence-corrected chi connectivity index (χ0v) is 9.98. The summed E-state index contributed by atoms with van der Waals surface area (Å²) in [6.45, 7) is 0. The number of rotatable bonds is 3. The highest BCUT2D eigenvalue weighted by Gasteiger charge is 2.07. The van der Waals surface area contributed by atoms with Crippen molar-refractivity contribution in [1.82, 2.24) is 0 Å². The third-order valence-electron chi connectivity index (χ3n) is 2.00. The van der Waals surface area contributed by atoms with Crippen LogP contribution in [-0.2, 0) is 0 Å². The minimum absolute atomic E-state index is 0.437. The van der Waals surface area contributed by atoms with Gasteiger partial charge in [0.25, 0.3) is 0 Å². The molecule has 0 aliphatic carbocycles. The van der Waals surface area contributed by atoms with Crippen LogP contribution < -0.4 is 11.5 Å². The maximum absolute atomic E-state index is 11.0. The zero-order chi connectivity index (χ0) is 11.5. The number of carbonyl (C=O) groups is 1. The van der Waals surface area contributed by atoms with Crippen molar-refractivity contribution >= 4 is 34.7 Å². The molecule has 0 radical (unpaired) electrons. The number of carbonyl (C=O) groups excluding carboxylic acids is 1. The van der Waals surface area contributed by atoms with Gasteiger partial charge in [0.05, 0.1) is 4.21 Å². The summed E-state index contributed by atoms with van der Waals surface area (Å²) in [6, 6.07) is 9.04. The highest BCUT2D eigenvalue weighted by atomic mass is 32.2. The van der Waals surface area contributed by atoms with Gasteiger partial charge in [0, 0.05) is 16.1 Å². The van der Waals surface area contributed by atoms with E-state index in [0.717, 1.165) is 9.10 Å². The van der Waals surface area contributed by atoms with E-state index in [1.165, 1.54) is 11.8 Å². The van der Waals surface area contributed by atoms with E-state index in [1.54, 1.807) is 29.5 Å². The van der Waals surface area contributed by atoms with Crippen molar-refractivity contribution in [3.8, 4) is 0 Å². The second-order valence-electron chi connectivity index (χ2n) is 3.15. The summed E-state index contributed by atoms with van der Waals surface area (Å²) in [5, 5.41) is 2.00. The van der Waals surface area contributed by atoms with Crippen LogP contribution in [0.4, 0.5) is 5.69 Å². The van der Waals surface area contributed by atoms with Crippen LogP contribution >= 0.6 is 23.1 Å². The number of hydrogen-bond donors (Lipinski definition) is 2. The highest BCUT2D eigenvalue weighted by molar-refractivity contribution is 8.01. The lowest BCUT2D eigenvalue weighted by Gasteiger charge is -2.05. The SMILES string of the molecule is NC(=O)c1ccc(N)c(Sc2cccs2)c1. The Bertz CT molecular complexity index is 509. The molecule has 0 aliphatic rings. The molecule has 5 heteroatoms. The van der Waals surface area contributed by atoms with E-state index in [0.29, 0.717) is 11.3 Å². The van der Waals surface area contributed by atoms with E-state index in [-0.39, 0.29) is 0 Å². The molecule has 0 unspecified atom stereocenters. The third-order valence-corrected chi connectivity index (χ3v) is 4.11. The van der Waals surface area contributed by atoms with Gasteiger partial charge in [-0.05, 0) is 29.6 Å². The molecule has 16 heavy (non-hydrogen) atoms. The van der Waals surface area contributed by atoms with Crippen LogP contribution in [0.2, 0.25) is 0 Å². The lowest BCUT2D eigenvalue weighted by atomic mass is 10.2. The Balaban J connectivity index is 2.32. The molecule has 3 nitrogen and oxygen atoms in total. The van der Waals surface area contributed by atoms with E-state index in [2.05, 4.69) is 0 Å². The van der Waals surface area contributed by atoms with Gasteiger partial charge in [-0.25, -0.2) is 0 Å². The van der Waals surface area contributed by atoms with Gasteiger partial charge < -0.3 is 11.5 Å². The number of nitrogen functional groups attached to an aromatic ring is 1. The molecule has 0 bridgehead atoms. The maximum atomic E-state index is 11.0. The van der Waals surface area contributed by atoms with E-state index in [9.17, 15) is 4.79 Å². The zero-order valence-electron chi connectivity index (χ0n) is 8.34. The van der Waals surface area contributed by atoms with Gasteiger partial charge in [-0.2, -0.15) is 0 Å². The van der Waals surface area contributed by atoms with Gasteiger partial charge in [0.1, 0.15) is 0 Å². The van der Waals surface area contributed by atoms with Gasteiger partial charge in [0.15, 0.2) is 0 Å². The van der Waals surface area contributed by atoms with Crippen LogP contribution in [-0.4, -0.2) is 5.91 Å². The third kappa shape index (κ3) is 2.37. The molecule has 1 aromatic heterocycles. The van der Waals surface area contributed by atoms with Gasteiger partial charge in [-0.3, -0.25) is 4.79 Å². The van der Waals surface area contributed by atoms with Crippen molar-refractivity contribution in [2.45, 2.75) is 9.10 Å². The topological polar surface area (TPSA) is 69.1 Å². The molecule has 82 valence electrons. The Morgan fingerprint density at radius 3 is 2.75 bits per heavy atom. The molecular formula is C11H10N2OS2. The lowest BCUT2D eigenvalue weighted by Crippen LogP contribution is -2.11. The minimum atomic E-state index is -0.437.